The van der Waals surface area contributed by atoms with E-state index in [0.717, 1.165) is 37.4 Å². The van der Waals surface area contributed by atoms with Gasteiger partial charge in [-0.3, -0.25) is 14.4 Å². The molecule has 6 nitrogen and oxygen atoms in total. The average molecular weight is 476 g/mol. The highest BCUT2D eigenvalue weighted by Gasteiger charge is 2.40. The van der Waals surface area contributed by atoms with E-state index >= 15 is 0 Å². The van der Waals surface area contributed by atoms with Crippen molar-refractivity contribution in [2.75, 3.05) is 26.2 Å². The molecule has 0 aliphatic carbocycles. The summed E-state index contributed by atoms with van der Waals surface area (Å²) in [6.45, 7) is 11.1. The van der Waals surface area contributed by atoms with Crippen LogP contribution in [0.4, 0.5) is 0 Å². The van der Waals surface area contributed by atoms with Gasteiger partial charge in [0, 0.05) is 44.0 Å². The zero-order chi connectivity index (χ0) is 24.2. The highest BCUT2D eigenvalue weighted by molar-refractivity contribution is 6.30. The Kier molecular flexibility index (Phi) is 8.43. The number of rotatable bonds is 7. The van der Waals surface area contributed by atoms with Crippen molar-refractivity contribution in [2.45, 2.75) is 71.8 Å². The van der Waals surface area contributed by atoms with Gasteiger partial charge in [0.1, 0.15) is 6.04 Å². The summed E-state index contributed by atoms with van der Waals surface area (Å²) in [4.78, 5) is 42.0. The molecule has 0 bridgehead atoms. The van der Waals surface area contributed by atoms with Crippen LogP contribution in [0.15, 0.2) is 24.3 Å². The van der Waals surface area contributed by atoms with Gasteiger partial charge in [-0.25, -0.2) is 0 Å². The summed E-state index contributed by atoms with van der Waals surface area (Å²) in [7, 11) is 0. The van der Waals surface area contributed by atoms with Crippen LogP contribution in [0.2, 0.25) is 5.02 Å². The highest BCUT2D eigenvalue weighted by Crippen LogP contribution is 2.42. The van der Waals surface area contributed by atoms with Crippen molar-refractivity contribution in [2.24, 2.45) is 11.3 Å². The van der Waals surface area contributed by atoms with Crippen molar-refractivity contribution in [3.63, 3.8) is 0 Å². The molecule has 33 heavy (non-hydrogen) atoms. The molecule has 2 saturated heterocycles. The topological polar surface area (TPSA) is 69.7 Å². The summed E-state index contributed by atoms with van der Waals surface area (Å²) < 4.78 is 0. The van der Waals surface area contributed by atoms with Crippen molar-refractivity contribution in [1.82, 2.24) is 15.1 Å². The molecule has 2 aliphatic heterocycles. The molecule has 0 spiro atoms. The van der Waals surface area contributed by atoms with E-state index in [1.54, 1.807) is 0 Å². The second-order valence-corrected chi connectivity index (χ2v) is 11.0. The summed E-state index contributed by atoms with van der Waals surface area (Å²) >= 11 is 6.06. The fourth-order valence-electron chi connectivity index (χ4n) is 5.16. The van der Waals surface area contributed by atoms with Gasteiger partial charge in [0.15, 0.2) is 0 Å². The summed E-state index contributed by atoms with van der Waals surface area (Å²) in [6, 6.07) is 7.41. The van der Waals surface area contributed by atoms with Crippen molar-refractivity contribution < 1.29 is 14.4 Å². The molecule has 7 heteroatoms. The number of halogens is 1. The molecule has 1 unspecified atom stereocenters. The second-order valence-electron chi connectivity index (χ2n) is 10.5. The third kappa shape index (κ3) is 6.50. The Labute approximate surface area is 203 Å². The van der Waals surface area contributed by atoms with Crippen molar-refractivity contribution in [3.05, 3.63) is 34.9 Å². The van der Waals surface area contributed by atoms with Crippen LogP contribution in [0, 0.1) is 11.3 Å². The van der Waals surface area contributed by atoms with Gasteiger partial charge in [-0.15, -0.1) is 0 Å². The van der Waals surface area contributed by atoms with E-state index < -0.39 is 6.04 Å². The molecular weight excluding hydrogens is 438 g/mol. The summed E-state index contributed by atoms with van der Waals surface area (Å²) in [5.41, 5.74) is 1.14. The van der Waals surface area contributed by atoms with Gasteiger partial charge in [0.2, 0.25) is 17.7 Å². The number of hydrogen-bond donors (Lipinski definition) is 1. The Morgan fingerprint density at radius 3 is 2.24 bits per heavy atom. The smallest absolute Gasteiger partial charge is 0.245 e. The predicted molar refractivity (Wildman–Crippen MR) is 131 cm³/mol. The molecule has 0 aromatic heterocycles. The molecule has 2 fully saturated rings. The van der Waals surface area contributed by atoms with Crippen LogP contribution in [0.25, 0.3) is 0 Å². The maximum absolute atomic E-state index is 13.4. The van der Waals surface area contributed by atoms with Crippen LogP contribution >= 0.6 is 11.6 Å². The van der Waals surface area contributed by atoms with Gasteiger partial charge in [0.25, 0.3) is 0 Å². The zero-order valence-electron chi connectivity index (χ0n) is 20.4. The van der Waals surface area contributed by atoms with Crippen molar-refractivity contribution in [1.29, 1.82) is 0 Å². The van der Waals surface area contributed by atoms with Gasteiger partial charge in [-0.1, -0.05) is 51.4 Å². The molecule has 0 saturated carbocycles. The first-order valence-corrected chi connectivity index (χ1v) is 12.6. The monoisotopic (exact) mass is 475 g/mol. The summed E-state index contributed by atoms with van der Waals surface area (Å²) in [5.74, 6) is 0.0631. The molecule has 3 amide bonds. The molecule has 0 radical (unpaired) electrons. The van der Waals surface area contributed by atoms with E-state index in [1.807, 2.05) is 35.8 Å². The Bertz CT molecular complexity index is 847. The lowest BCUT2D eigenvalue weighted by molar-refractivity contribution is -0.141. The molecule has 2 atom stereocenters. The van der Waals surface area contributed by atoms with E-state index in [-0.39, 0.29) is 41.9 Å². The quantitative estimate of drug-likeness (QED) is 0.641. The van der Waals surface area contributed by atoms with Crippen molar-refractivity contribution in [3.8, 4) is 0 Å². The summed E-state index contributed by atoms with van der Waals surface area (Å²) in [6.07, 6.45) is 3.25. The van der Waals surface area contributed by atoms with Gasteiger partial charge < -0.3 is 15.1 Å². The van der Waals surface area contributed by atoms with E-state index in [4.69, 9.17) is 11.6 Å². The number of nitrogens with one attached hydrogen (secondary N) is 1. The first kappa shape index (κ1) is 25.5. The lowest BCUT2D eigenvalue weighted by Crippen LogP contribution is -2.56. The highest BCUT2D eigenvalue weighted by atomic mass is 35.5. The van der Waals surface area contributed by atoms with E-state index in [1.165, 1.54) is 5.56 Å². The molecule has 2 aliphatic rings. The minimum atomic E-state index is -0.581. The maximum Gasteiger partial charge on any atom is 0.245 e. The van der Waals surface area contributed by atoms with Crippen molar-refractivity contribution >= 4 is 29.3 Å². The van der Waals surface area contributed by atoms with Crippen LogP contribution in [0.5, 0.6) is 0 Å². The number of amides is 3. The van der Waals surface area contributed by atoms with Gasteiger partial charge in [-0.05, 0) is 54.2 Å². The molecule has 2 heterocycles. The fourth-order valence-corrected chi connectivity index (χ4v) is 5.28. The Balaban J connectivity index is 1.58. The summed E-state index contributed by atoms with van der Waals surface area (Å²) in [5, 5.41) is 3.64. The zero-order valence-corrected chi connectivity index (χ0v) is 21.2. The molecule has 1 aromatic carbocycles. The first-order chi connectivity index (χ1) is 15.6. The number of likely N-dealkylation sites (tertiary alicyclic amines) is 2. The number of carbonyl (C=O) groups excluding carboxylic acids is 3. The second kappa shape index (κ2) is 10.9. The number of nitrogens with zero attached hydrogens (tertiary/aromatic N) is 2. The van der Waals surface area contributed by atoms with Crippen LogP contribution < -0.4 is 5.32 Å². The number of benzene rings is 1. The van der Waals surface area contributed by atoms with Gasteiger partial charge in [-0.2, -0.15) is 0 Å². The van der Waals surface area contributed by atoms with Crippen LogP contribution in [-0.4, -0.2) is 59.7 Å². The maximum atomic E-state index is 13.4. The Morgan fingerprint density at radius 1 is 1.03 bits per heavy atom. The Morgan fingerprint density at radius 2 is 1.67 bits per heavy atom. The van der Waals surface area contributed by atoms with E-state index in [9.17, 15) is 14.4 Å². The van der Waals surface area contributed by atoms with Gasteiger partial charge in [0.05, 0.1) is 0 Å². The lowest BCUT2D eigenvalue weighted by Gasteiger charge is -2.45. The Hall–Kier alpha value is -2.08. The minimum absolute atomic E-state index is 0.0288. The fraction of sp³-hybridized carbons (Fsp3) is 0.654. The SMILES string of the molecule is CC(C)[C@@H](NC(=O)CCC(=O)N1CCCC1)C(=O)N1CCC(c2ccc(Cl)cc2)C(C)(C)C1. The standard InChI is InChI=1S/C26H38ClN3O3/c1-18(2)24(28-22(31)11-12-23(32)29-14-5-6-15-29)25(33)30-16-13-21(26(3,4)17-30)19-7-9-20(27)10-8-19/h7-10,18,21,24H,5-6,11-17H2,1-4H3,(H,28,31)/t21?,24-/m1/s1. The van der Waals surface area contributed by atoms with Crippen LogP contribution in [-0.2, 0) is 14.4 Å². The number of piperidine rings is 1. The van der Waals surface area contributed by atoms with Crippen LogP contribution in [0.3, 0.4) is 0 Å². The normalized spacial score (nSPS) is 21.2. The molecule has 3 rings (SSSR count). The third-order valence-electron chi connectivity index (χ3n) is 7.09. The largest absolute Gasteiger partial charge is 0.344 e. The van der Waals surface area contributed by atoms with Gasteiger partial charge >= 0.3 is 0 Å². The first-order valence-electron chi connectivity index (χ1n) is 12.2. The molecule has 1 N–H and O–H groups in total. The van der Waals surface area contributed by atoms with E-state index in [0.29, 0.717) is 19.0 Å². The predicted octanol–water partition coefficient (Wildman–Crippen LogP) is 4.23. The number of carbonyl (C=O) groups is 3. The average Bonchev–Trinajstić information content (AvgIpc) is 3.30. The van der Waals surface area contributed by atoms with Crippen LogP contribution in [0.1, 0.15) is 71.3 Å². The molecule has 182 valence electrons. The number of hydrogen-bond acceptors (Lipinski definition) is 3. The van der Waals surface area contributed by atoms with E-state index in [2.05, 4.69) is 31.3 Å². The lowest BCUT2D eigenvalue weighted by atomic mass is 9.70. The minimum Gasteiger partial charge on any atom is -0.344 e. The molecule has 1 aromatic rings. The third-order valence-corrected chi connectivity index (χ3v) is 7.34. The molecular formula is C26H38ClN3O3.